The van der Waals surface area contributed by atoms with Crippen LogP contribution in [0.4, 0.5) is 16.2 Å². The van der Waals surface area contributed by atoms with Crippen molar-refractivity contribution in [1.82, 2.24) is 9.97 Å². The van der Waals surface area contributed by atoms with Crippen molar-refractivity contribution in [2.24, 2.45) is 0 Å². The topological polar surface area (TPSA) is 121 Å². The van der Waals surface area contributed by atoms with Crippen molar-refractivity contribution in [2.75, 3.05) is 10.6 Å². The zero-order valence-corrected chi connectivity index (χ0v) is 16.6. The van der Waals surface area contributed by atoms with Gasteiger partial charge in [0.25, 0.3) is 0 Å². The highest BCUT2D eigenvalue weighted by Crippen LogP contribution is 2.29. The van der Waals surface area contributed by atoms with Gasteiger partial charge in [-0.1, -0.05) is 29.8 Å². The first kappa shape index (κ1) is 20.9. The van der Waals surface area contributed by atoms with E-state index >= 15 is 0 Å². The maximum atomic E-state index is 12.6. The number of Topliss-reactive ketones (excluding diaryl/α,β-unsaturated/α-hetero) is 1. The van der Waals surface area contributed by atoms with Gasteiger partial charge in [0.1, 0.15) is 0 Å². The zero-order chi connectivity index (χ0) is 21.7. The first-order chi connectivity index (χ1) is 14.3. The molecule has 3 N–H and O–H groups in total. The Morgan fingerprint density at radius 3 is 2.53 bits per heavy atom. The molecule has 30 heavy (non-hydrogen) atoms. The quantitative estimate of drug-likeness (QED) is 0.398. The second-order valence-electron chi connectivity index (χ2n) is 6.40. The number of aromatic nitrogens is 2. The lowest BCUT2D eigenvalue weighted by Crippen LogP contribution is -2.18. The number of amides is 2. The van der Waals surface area contributed by atoms with Crippen LogP contribution in [0.15, 0.2) is 55.0 Å². The molecule has 9 heteroatoms. The first-order valence-electron chi connectivity index (χ1n) is 8.83. The van der Waals surface area contributed by atoms with Crippen molar-refractivity contribution >= 4 is 40.8 Å². The lowest BCUT2D eigenvalue weighted by Gasteiger charge is -2.13. The van der Waals surface area contributed by atoms with Crippen molar-refractivity contribution in [2.45, 2.75) is 13.3 Å². The molecule has 2 aromatic carbocycles. The van der Waals surface area contributed by atoms with E-state index in [0.29, 0.717) is 27.4 Å². The third-order valence-corrected chi connectivity index (χ3v) is 4.59. The number of carbonyl (C=O) groups is 3. The van der Waals surface area contributed by atoms with Gasteiger partial charge in [0, 0.05) is 28.5 Å². The van der Waals surface area contributed by atoms with Crippen molar-refractivity contribution in [3.05, 3.63) is 71.1 Å². The lowest BCUT2D eigenvalue weighted by atomic mass is 10.0. The van der Waals surface area contributed by atoms with Crippen LogP contribution in [0.3, 0.4) is 0 Å². The molecule has 0 radical (unpaired) electrons. The number of rotatable bonds is 6. The van der Waals surface area contributed by atoms with E-state index in [1.807, 2.05) is 0 Å². The van der Waals surface area contributed by atoms with E-state index in [9.17, 15) is 14.4 Å². The number of ketones is 1. The van der Waals surface area contributed by atoms with Crippen LogP contribution in [-0.2, 0) is 4.79 Å². The predicted octanol–water partition coefficient (Wildman–Crippen LogP) is 4.41. The van der Waals surface area contributed by atoms with Gasteiger partial charge in [-0.25, -0.2) is 4.79 Å². The summed E-state index contributed by atoms with van der Waals surface area (Å²) in [5.74, 6) is -0.975. The summed E-state index contributed by atoms with van der Waals surface area (Å²) in [6.45, 7) is 1.71. The molecule has 2 amide bonds. The minimum Gasteiger partial charge on any atom is -0.465 e. The van der Waals surface area contributed by atoms with Gasteiger partial charge in [-0.3, -0.25) is 24.9 Å². The van der Waals surface area contributed by atoms with Gasteiger partial charge in [-0.05, 0) is 30.7 Å². The number of halogens is 1. The highest BCUT2D eigenvalue weighted by Gasteiger charge is 2.16. The third kappa shape index (κ3) is 5.18. The Labute approximate surface area is 176 Å². The summed E-state index contributed by atoms with van der Waals surface area (Å²) < 4.78 is 0. The SMILES string of the molecule is Cc1cc(NC(=O)CC(=O)c2cccc(-c3cnccn3)c2)c(NC(=O)O)cc1Cl. The van der Waals surface area contributed by atoms with Crippen LogP contribution in [0.2, 0.25) is 5.02 Å². The second kappa shape index (κ2) is 9.15. The van der Waals surface area contributed by atoms with Crippen molar-refractivity contribution in [1.29, 1.82) is 0 Å². The van der Waals surface area contributed by atoms with Crippen molar-refractivity contribution in [3.63, 3.8) is 0 Å². The molecule has 0 unspecified atom stereocenters. The predicted molar refractivity (Wildman–Crippen MR) is 113 cm³/mol. The average Bonchev–Trinajstić information content (AvgIpc) is 2.72. The van der Waals surface area contributed by atoms with E-state index in [2.05, 4.69) is 20.6 Å². The minimum absolute atomic E-state index is 0.114. The van der Waals surface area contributed by atoms with Gasteiger partial charge < -0.3 is 10.4 Å². The molecule has 0 spiro atoms. The minimum atomic E-state index is -1.30. The maximum Gasteiger partial charge on any atom is 0.409 e. The molecule has 0 bridgehead atoms. The molecule has 3 aromatic rings. The summed E-state index contributed by atoms with van der Waals surface area (Å²) in [5, 5.41) is 14.1. The number of carboxylic acid groups (broad SMARTS) is 1. The molecule has 0 atom stereocenters. The summed E-state index contributed by atoms with van der Waals surface area (Å²) in [4.78, 5) is 44.2. The van der Waals surface area contributed by atoms with Crippen LogP contribution < -0.4 is 10.6 Å². The Morgan fingerprint density at radius 2 is 1.83 bits per heavy atom. The van der Waals surface area contributed by atoms with Crippen LogP contribution in [0.5, 0.6) is 0 Å². The van der Waals surface area contributed by atoms with Gasteiger partial charge in [0.05, 0.1) is 29.7 Å². The fraction of sp³-hybridized carbons (Fsp3) is 0.0952. The summed E-state index contributed by atoms with van der Waals surface area (Å²) >= 11 is 6.03. The summed E-state index contributed by atoms with van der Waals surface area (Å²) in [6, 6.07) is 9.67. The normalized spacial score (nSPS) is 10.3. The largest absolute Gasteiger partial charge is 0.465 e. The van der Waals surface area contributed by atoms with Crippen molar-refractivity contribution in [3.8, 4) is 11.3 Å². The molecular weight excluding hydrogens is 408 g/mol. The van der Waals surface area contributed by atoms with Crippen LogP contribution in [0.25, 0.3) is 11.3 Å². The molecule has 0 saturated heterocycles. The van der Waals surface area contributed by atoms with E-state index in [-0.39, 0.29) is 11.4 Å². The summed E-state index contributed by atoms with van der Waals surface area (Å²) in [6.07, 6.45) is 2.96. The number of aryl methyl sites for hydroxylation is 1. The monoisotopic (exact) mass is 424 g/mol. The molecule has 1 heterocycles. The fourth-order valence-electron chi connectivity index (χ4n) is 2.75. The Balaban J connectivity index is 1.75. The molecule has 0 aliphatic heterocycles. The molecule has 0 fully saturated rings. The number of anilines is 2. The zero-order valence-electron chi connectivity index (χ0n) is 15.8. The Kier molecular flexibility index (Phi) is 6.38. The van der Waals surface area contributed by atoms with Crippen molar-refractivity contribution < 1.29 is 19.5 Å². The Hall–Kier alpha value is -3.78. The van der Waals surface area contributed by atoms with E-state index in [1.165, 1.54) is 12.1 Å². The number of nitrogens with zero attached hydrogens (tertiary/aromatic N) is 2. The van der Waals surface area contributed by atoms with E-state index in [4.69, 9.17) is 16.7 Å². The Bertz CT molecular complexity index is 1120. The van der Waals surface area contributed by atoms with Crippen LogP contribution in [0, 0.1) is 6.92 Å². The molecular formula is C21H17ClN4O4. The molecule has 1 aromatic heterocycles. The fourth-order valence-corrected chi connectivity index (χ4v) is 2.91. The number of carbonyl (C=O) groups excluding carboxylic acids is 2. The number of nitrogens with one attached hydrogen (secondary N) is 2. The Morgan fingerprint density at radius 1 is 1.07 bits per heavy atom. The van der Waals surface area contributed by atoms with Crippen LogP contribution in [-0.4, -0.2) is 32.9 Å². The van der Waals surface area contributed by atoms with Gasteiger partial charge in [-0.15, -0.1) is 0 Å². The number of benzene rings is 2. The molecule has 3 rings (SSSR count). The van der Waals surface area contributed by atoms with Crippen LogP contribution in [0.1, 0.15) is 22.3 Å². The second-order valence-corrected chi connectivity index (χ2v) is 6.80. The maximum absolute atomic E-state index is 12.6. The van der Waals surface area contributed by atoms with Gasteiger partial charge >= 0.3 is 6.09 Å². The van der Waals surface area contributed by atoms with E-state index in [0.717, 1.165) is 0 Å². The third-order valence-electron chi connectivity index (χ3n) is 4.18. The van der Waals surface area contributed by atoms with Gasteiger partial charge in [-0.2, -0.15) is 0 Å². The highest BCUT2D eigenvalue weighted by atomic mass is 35.5. The molecule has 0 saturated carbocycles. The average molecular weight is 425 g/mol. The van der Waals surface area contributed by atoms with Crippen LogP contribution >= 0.6 is 11.6 Å². The standard InChI is InChI=1S/C21H17ClN4O4/c1-12-7-16(17(9-15(12)22)26-21(29)30)25-20(28)10-19(27)14-4-2-3-13(8-14)18-11-23-5-6-24-18/h2-9,11,26H,10H2,1H3,(H,25,28)(H,29,30). The molecule has 0 aliphatic rings. The summed E-state index contributed by atoms with van der Waals surface area (Å²) in [5.41, 5.74) is 2.64. The van der Waals surface area contributed by atoms with Gasteiger partial charge in [0.2, 0.25) is 5.91 Å². The molecule has 152 valence electrons. The number of hydrogen-bond acceptors (Lipinski definition) is 5. The lowest BCUT2D eigenvalue weighted by molar-refractivity contribution is -0.115. The summed E-state index contributed by atoms with van der Waals surface area (Å²) in [7, 11) is 0. The van der Waals surface area contributed by atoms with E-state index < -0.39 is 24.2 Å². The molecule has 0 aliphatic carbocycles. The first-order valence-corrected chi connectivity index (χ1v) is 9.21. The molecule has 8 nitrogen and oxygen atoms in total. The smallest absolute Gasteiger partial charge is 0.409 e. The highest BCUT2D eigenvalue weighted by molar-refractivity contribution is 6.32. The van der Waals surface area contributed by atoms with Gasteiger partial charge in [0.15, 0.2) is 5.78 Å². The van der Waals surface area contributed by atoms with E-state index in [1.54, 1.807) is 49.8 Å². The number of hydrogen-bond donors (Lipinski definition) is 3.